The molecule has 0 radical (unpaired) electrons. The highest BCUT2D eigenvalue weighted by molar-refractivity contribution is 7.89. The largest absolute Gasteiger partial charge is 0.492 e. The van der Waals surface area contributed by atoms with Crippen molar-refractivity contribution >= 4 is 21.6 Å². The number of rotatable bonds is 7. The number of hydrogen-bond donors (Lipinski definition) is 1. The molecule has 0 amide bonds. The van der Waals surface area contributed by atoms with Crippen LogP contribution in [0.5, 0.6) is 5.75 Å². The molecule has 2 aromatic rings. The fraction of sp³-hybridized carbons (Fsp3) is 0.333. The van der Waals surface area contributed by atoms with Crippen LogP contribution in [-0.2, 0) is 10.0 Å². The van der Waals surface area contributed by atoms with E-state index in [1.807, 2.05) is 19.1 Å². The minimum atomic E-state index is -3.53. The van der Waals surface area contributed by atoms with E-state index in [1.165, 1.54) is 0 Å². The summed E-state index contributed by atoms with van der Waals surface area (Å²) in [6, 6.07) is 12.3. The Morgan fingerprint density at radius 1 is 1.12 bits per heavy atom. The zero-order valence-electron chi connectivity index (χ0n) is 14.0. The molecule has 0 unspecified atom stereocenters. The van der Waals surface area contributed by atoms with Crippen molar-refractivity contribution in [3.05, 3.63) is 58.6 Å². The van der Waals surface area contributed by atoms with Gasteiger partial charge in [0.1, 0.15) is 12.4 Å². The van der Waals surface area contributed by atoms with Crippen LogP contribution in [0.4, 0.5) is 0 Å². The van der Waals surface area contributed by atoms with Gasteiger partial charge in [-0.2, -0.15) is 0 Å². The van der Waals surface area contributed by atoms with Gasteiger partial charge in [-0.25, -0.2) is 13.1 Å². The molecule has 0 saturated heterocycles. The van der Waals surface area contributed by atoms with Crippen LogP contribution < -0.4 is 9.46 Å². The third-order valence-corrected chi connectivity index (χ3v) is 5.36. The van der Waals surface area contributed by atoms with Crippen LogP contribution in [0.15, 0.2) is 47.4 Å². The molecule has 0 saturated carbocycles. The highest BCUT2D eigenvalue weighted by Crippen LogP contribution is 2.21. The molecule has 1 N–H and O–H groups in total. The number of nitrogens with one attached hydrogen (secondary N) is 1. The topological polar surface area (TPSA) is 55.4 Å². The summed E-state index contributed by atoms with van der Waals surface area (Å²) in [5.41, 5.74) is 2.02. The van der Waals surface area contributed by atoms with Crippen LogP contribution >= 0.6 is 11.6 Å². The van der Waals surface area contributed by atoms with Crippen LogP contribution in [0.1, 0.15) is 30.9 Å². The number of benzene rings is 2. The molecule has 0 atom stereocenters. The summed E-state index contributed by atoms with van der Waals surface area (Å²) in [5, 5.41) is 0.644. The number of ether oxygens (including phenoxy) is 1. The molecule has 0 aliphatic carbocycles. The summed E-state index contributed by atoms with van der Waals surface area (Å²) in [5.74, 6) is 1.06. The van der Waals surface area contributed by atoms with Crippen molar-refractivity contribution in [3.63, 3.8) is 0 Å². The molecule has 0 spiro atoms. The first-order valence-electron chi connectivity index (χ1n) is 7.78. The van der Waals surface area contributed by atoms with E-state index in [2.05, 4.69) is 18.6 Å². The lowest BCUT2D eigenvalue weighted by molar-refractivity contribution is 0.320. The summed E-state index contributed by atoms with van der Waals surface area (Å²) in [6.45, 7) is 6.46. The first kappa shape index (κ1) is 18.8. The van der Waals surface area contributed by atoms with Crippen molar-refractivity contribution in [2.75, 3.05) is 13.2 Å². The first-order valence-corrected chi connectivity index (χ1v) is 9.64. The van der Waals surface area contributed by atoms with E-state index in [-0.39, 0.29) is 18.0 Å². The van der Waals surface area contributed by atoms with Gasteiger partial charge < -0.3 is 4.74 Å². The van der Waals surface area contributed by atoms with E-state index in [0.29, 0.717) is 16.7 Å². The molecule has 0 bridgehead atoms. The third kappa shape index (κ3) is 4.97. The van der Waals surface area contributed by atoms with Gasteiger partial charge in [0, 0.05) is 11.6 Å². The maximum absolute atomic E-state index is 12.3. The van der Waals surface area contributed by atoms with E-state index in [1.54, 1.807) is 30.3 Å². The maximum Gasteiger partial charge on any atom is 0.240 e. The third-order valence-electron chi connectivity index (χ3n) is 3.65. The average molecular weight is 368 g/mol. The highest BCUT2D eigenvalue weighted by Gasteiger charge is 2.13. The molecule has 24 heavy (non-hydrogen) atoms. The molecule has 0 aliphatic rings. The molecule has 6 heteroatoms. The van der Waals surface area contributed by atoms with E-state index >= 15 is 0 Å². The molecule has 0 heterocycles. The highest BCUT2D eigenvalue weighted by atomic mass is 35.5. The second-order valence-corrected chi connectivity index (χ2v) is 8.08. The van der Waals surface area contributed by atoms with Crippen molar-refractivity contribution in [3.8, 4) is 5.75 Å². The molecular weight excluding hydrogens is 346 g/mol. The molecule has 2 aromatic carbocycles. The van der Waals surface area contributed by atoms with Crippen molar-refractivity contribution < 1.29 is 13.2 Å². The van der Waals surface area contributed by atoms with Gasteiger partial charge in [0.2, 0.25) is 10.0 Å². The molecular formula is C18H22ClNO3S. The molecule has 130 valence electrons. The van der Waals surface area contributed by atoms with Gasteiger partial charge in [0.05, 0.1) is 4.90 Å². The van der Waals surface area contributed by atoms with Gasteiger partial charge in [-0.05, 0) is 54.3 Å². The van der Waals surface area contributed by atoms with E-state index in [0.717, 1.165) is 11.1 Å². The van der Waals surface area contributed by atoms with Crippen LogP contribution in [0.3, 0.4) is 0 Å². The number of aryl methyl sites for hydroxylation is 1. The van der Waals surface area contributed by atoms with Gasteiger partial charge in [0.15, 0.2) is 0 Å². The average Bonchev–Trinajstić information content (AvgIpc) is 2.53. The lowest BCUT2D eigenvalue weighted by Gasteiger charge is -2.11. The molecule has 0 aliphatic heterocycles. The normalized spacial score (nSPS) is 11.7. The van der Waals surface area contributed by atoms with Gasteiger partial charge in [-0.3, -0.25) is 0 Å². The van der Waals surface area contributed by atoms with Crippen molar-refractivity contribution in [1.29, 1.82) is 0 Å². The number of halogens is 1. The number of sulfonamides is 1. The second kappa shape index (κ2) is 8.01. The molecule has 0 fully saturated rings. The van der Waals surface area contributed by atoms with Crippen LogP contribution in [0.2, 0.25) is 5.02 Å². The zero-order valence-corrected chi connectivity index (χ0v) is 15.6. The molecule has 0 aromatic heterocycles. The Kier molecular flexibility index (Phi) is 6.27. The Bertz CT molecular complexity index is 786. The Labute approximate surface area is 148 Å². The standard InChI is InChI=1S/C18H22ClNO3S/c1-13(2)15-4-7-17(8-5-15)24(21,22)20-10-11-23-18-9-6-16(19)12-14(18)3/h4-9,12-13,20H,10-11H2,1-3H3. The monoisotopic (exact) mass is 367 g/mol. The van der Waals surface area contributed by atoms with Crippen molar-refractivity contribution in [2.45, 2.75) is 31.6 Å². The molecule has 4 nitrogen and oxygen atoms in total. The Morgan fingerprint density at radius 2 is 1.79 bits per heavy atom. The van der Waals surface area contributed by atoms with Crippen LogP contribution in [0, 0.1) is 6.92 Å². The predicted octanol–water partition coefficient (Wildman–Crippen LogP) is 4.13. The van der Waals surface area contributed by atoms with Crippen LogP contribution in [0.25, 0.3) is 0 Å². The minimum Gasteiger partial charge on any atom is -0.492 e. The lowest BCUT2D eigenvalue weighted by atomic mass is 10.0. The Morgan fingerprint density at radius 3 is 2.38 bits per heavy atom. The van der Waals surface area contributed by atoms with Crippen LogP contribution in [-0.4, -0.2) is 21.6 Å². The van der Waals surface area contributed by atoms with E-state index < -0.39 is 10.0 Å². The summed E-state index contributed by atoms with van der Waals surface area (Å²) in [7, 11) is -3.53. The SMILES string of the molecule is Cc1cc(Cl)ccc1OCCNS(=O)(=O)c1ccc(C(C)C)cc1. The smallest absolute Gasteiger partial charge is 0.240 e. The fourth-order valence-corrected chi connectivity index (χ4v) is 3.47. The van der Waals surface area contributed by atoms with Gasteiger partial charge in [-0.1, -0.05) is 37.6 Å². The lowest BCUT2D eigenvalue weighted by Crippen LogP contribution is -2.28. The number of hydrogen-bond acceptors (Lipinski definition) is 3. The summed E-state index contributed by atoms with van der Waals surface area (Å²) in [6.07, 6.45) is 0. The van der Waals surface area contributed by atoms with Crippen molar-refractivity contribution in [1.82, 2.24) is 4.72 Å². The Balaban J connectivity index is 1.90. The predicted molar refractivity (Wildman–Crippen MR) is 97.4 cm³/mol. The van der Waals surface area contributed by atoms with E-state index in [9.17, 15) is 8.42 Å². The molecule has 2 rings (SSSR count). The van der Waals surface area contributed by atoms with Gasteiger partial charge in [-0.15, -0.1) is 0 Å². The maximum atomic E-state index is 12.3. The summed E-state index contributed by atoms with van der Waals surface area (Å²) in [4.78, 5) is 0.259. The summed E-state index contributed by atoms with van der Waals surface area (Å²) < 4.78 is 32.6. The second-order valence-electron chi connectivity index (χ2n) is 5.88. The van der Waals surface area contributed by atoms with Crippen molar-refractivity contribution in [2.24, 2.45) is 0 Å². The minimum absolute atomic E-state index is 0.191. The zero-order chi connectivity index (χ0) is 17.7. The van der Waals surface area contributed by atoms with E-state index in [4.69, 9.17) is 16.3 Å². The first-order chi connectivity index (χ1) is 11.3. The Hall–Kier alpha value is -1.56. The fourth-order valence-electron chi connectivity index (χ4n) is 2.23. The van der Waals surface area contributed by atoms with Gasteiger partial charge >= 0.3 is 0 Å². The summed E-state index contributed by atoms with van der Waals surface area (Å²) >= 11 is 5.89. The van der Waals surface area contributed by atoms with Gasteiger partial charge in [0.25, 0.3) is 0 Å². The quantitative estimate of drug-likeness (QED) is 0.748.